The number of aromatic hydroxyl groups is 1. The van der Waals surface area contributed by atoms with Gasteiger partial charge in [0, 0.05) is 17.4 Å². The zero-order valence-electron chi connectivity index (χ0n) is 17.7. The second-order valence-corrected chi connectivity index (χ2v) is 8.91. The third-order valence-corrected chi connectivity index (χ3v) is 7.01. The highest BCUT2D eigenvalue weighted by atomic mass is 16.3. The summed E-state index contributed by atoms with van der Waals surface area (Å²) in [5.41, 5.74) is 8.08. The number of phenolic OH excluding ortho intramolecular Hbond substituents is 1. The number of hydrogen-bond donors (Lipinski definition) is 6. The molecule has 10 heteroatoms. The second-order valence-electron chi connectivity index (χ2n) is 8.91. The summed E-state index contributed by atoms with van der Waals surface area (Å²) in [7, 11) is 3.06. The molecule has 0 heterocycles. The van der Waals surface area contributed by atoms with E-state index in [1.54, 1.807) is 13.0 Å². The number of benzene rings is 1. The Morgan fingerprint density at radius 2 is 1.81 bits per heavy atom. The lowest BCUT2D eigenvalue weighted by atomic mass is 9.56. The van der Waals surface area contributed by atoms with Crippen molar-refractivity contribution in [3.05, 3.63) is 46.2 Å². The zero-order valence-corrected chi connectivity index (χ0v) is 17.7. The lowest BCUT2D eigenvalue weighted by Crippen LogP contribution is -2.66. The number of nitrogens with two attached hydrogens (primary N) is 2. The van der Waals surface area contributed by atoms with Gasteiger partial charge in [-0.15, -0.1) is 0 Å². The number of amides is 1. The van der Waals surface area contributed by atoms with Gasteiger partial charge in [0.25, 0.3) is 5.91 Å². The third kappa shape index (κ3) is 2.60. The van der Waals surface area contributed by atoms with Gasteiger partial charge in [0.15, 0.2) is 11.6 Å². The fourth-order valence-corrected chi connectivity index (χ4v) is 5.51. The molecule has 0 aromatic heterocycles. The first-order valence-electron chi connectivity index (χ1n) is 10.1. The minimum Gasteiger partial charge on any atom is -0.508 e. The maximum atomic E-state index is 13.4. The third-order valence-electron chi connectivity index (χ3n) is 7.01. The number of likely N-dealkylation sites (N-methyl/N-ethyl adjacent to an activating group) is 1. The van der Waals surface area contributed by atoms with Gasteiger partial charge in [0.05, 0.1) is 29.0 Å². The highest BCUT2D eigenvalue weighted by Gasteiger charge is 2.63. The Labute approximate surface area is 183 Å². The molecule has 3 aliphatic rings. The van der Waals surface area contributed by atoms with E-state index in [4.69, 9.17) is 11.5 Å². The molecular formula is C22H25N3O7. The van der Waals surface area contributed by atoms with Gasteiger partial charge >= 0.3 is 0 Å². The quantitative estimate of drug-likeness (QED) is 0.196. The molecule has 32 heavy (non-hydrogen) atoms. The summed E-state index contributed by atoms with van der Waals surface area (Å²) in [6, 6.07) is 1.80. The molecule has 0 saturated carbocycles. The predicted molar refractivity (Wildman–Crippen MR) is 113 cm³/mol. The molecule has 0 aliphatic heterocycles. The van der Waals surface area contributed by atoms with Crippen LogP contribution in [0.3, 0.4) is 0 Å². The van der Waals surface area contributed by atoms with Crippen LogP contribution in [-0.4, -0.2) is 74.6 Å². The van der Waals surface area contributed by atoms with Gasteiger partial charge in [-0.25, -0.2) is 0 Å². The summed E-state index contributed by atoms with van der Waals surface area (Å²) < 4.78 is 0. The first-order chi connectivity index (χ1) is 14.8. The molecule has 0 fully saturated rings. The average molecular weight is 443 g/mol. The lowest BCUT2D eigenvalue weighted by molar-refractivity contribution is -0.142. The van der Waals surface area contributed by atoms with Crippen LogP contribution >= 0.6 is 0 Å². The van der Waals surface area contributed by atoms with Crippen LogP contribution < -0.4 is 11.5 Å². The van der Waals surface area contributed by atoms with Gasteiger partial charge in [-0.05, 0) is 37.7 Å². The van der Waals surface area contributed by atoms with Gasteiger partial charge < -0.3 is 31.9 Å². The largest absolute Gasteiger partial charge is 0.508 e. The summed E-state index contributed by atoms with van der Waals surface area (Å²) in [6.07, 6.45) is -0.642. The first kappa shape index (κ1) is 22.0. The maximum absolute atomic E-state index is 13.4. The average Bonchev–Trinajstić information content (AvgIpc) is 2.71. The Morgan fingerprint density at radius 1 is 1.19 bits per heavy atom. The molecule has 1 amide bonds. The topological polar surface area (TPSA) is 187 Å². The molecule has 8 N–H and O–H groups in total. The molecule has 4 rings (SSSR count). The molecule has 3 aliphatic carbocycles. The van der Waals surface area contributed by atoms with Crippen LogP contribution in [-0.2, 0) is 9.59 Å². The highest BCUT2D eigenvalue weighted by molar-refractivity contribution is 6.22. The van der Waals surface area contributed by atoms with Crippen molar-refractivity contribution in [3.8, 4) is 5.75 Å². The van der Waals surface area contributed by atoms with E-state index < -0.39 is 70.1 Å². The van der Waals surface area contributed by atoms with Crippen LogP contribution in [0.4, 0.5) is 5.69 Å². The summed E-state index contributed by atoms with van der Waals surface area (Å²) in [4.78, 5) is 39.7. The standard InChI is InChI=1S/C22H25N3O7/c1-7-8-4-5-10(23)17(27)12(8)18(28)13-11(7)19(29)14-15(25(2)3)16(26)9(21(24)31)6-22(14,32)20(13)30/h4-7,11,14-15,19,27,29-30,32H,23H2,1-3H3,(H2,24,31)/t7-,11+,14+,15-,19-,22-/m0/s1. The Kier molecular flexibility index (Phi) is 4.74. The minimum atomic E-state index is -2.42. The Balaban J connectivity index is 2.05. The number of fused-ring (bicyclic) bond motifs is 3. The number of aliphatic hydroxyl groups excluding tert-OH is 2. The number of primary amides is 1. The molecule has 10 nitrogen and oxygen atoms in total. The summed E-state index contributed by atoms with van der Waals surface area (Å²) in [5.74, 6) is -6.72. The predicted octanol–water partition coefficient (Wildman–Crippen LogP) is -0.651. The van der Waals surface area contributed by atoms with Crippen LogP contribution in [0, 0.1) is 11.8 Å². The number of ketones is 2. The van der Waals surface area contributed by atoms with Gasteiger partial charge in [0.1, 0.15) is 17.1 Å². The molecule has 1 aromatic carbocycles. The van der Waals surface area contributed by atoms with E-state index in [0.717, 1.165) is 6.08 Å². The molecule has 170 valence electrons. The molecule has 6 atom stereocenters. The highest BCUT2D eigenvalue weighted by Crippen LogP contribution is 2.55. The summed E-state index contributed by atoms with van der Waals surface area (Å²) in [6.45, 7) is 1.70. The van der Waals surface area contributed by atoms with Crippen molar-refractivity contribution in [1.29, 1.82) is 0 Å². The van der Waals surface area contributed by atoms with Crippen LogP contribution in [0.15, 0.2) is 35.1 Å². The van der Waals surface area contributed by atoms with Gasteiger partial charge in [-0.1, -0.05) is 13.0 Å². The molecule has 0 radical (unpaired) electrons. The maximum Gasteiger partial charge on any atom is 0.252 e. The van der Waals surface area contributed by atoms with Crippen LogP contribution in [0.5, 0.6) is 5.75 Å². The van der Waals surface area contributed by atoms with E-state index in [9.17, 15) is 34.8 Å². The summed E-state index contributed by atoms with van der Waals surface area (Å²) >= 11 is 0. The van der Waals surface area contributed by atoms with Gasteiger partial charge in [0.2, 0.25) is 0 Å². The number of nitrogen functional groups attached to an aromatic ring is 1. The number of aliphatic hydroxyl groups is 3. The van der Waals surface area contributed by atoms with Crippen molar-refractivity contribution in [2.75, 3.05) is 19.8 Å². The van der Waals surface area contributed by atoms with Crippen molar-refractivity contribution < 1.29 is 34.8 Å². The number of Topliss-reactive ketones (excluding diaryl/α,β-unsaturated/α-hetero) is 2. The number of hydrogen-bond acceptors (Lipinski definition) is 9. The number of anilines is 1. The van der Waals surface area contributed by atoms with E-state index in [-0.39, 0.29) is 16.8 Å². The monoisotopic (exact) mass is 443 g/mol. The van der Waals surface area contributed by atoms with Crippen molar-refractivity contribution >= 4 is 23.2 Å². The number of carbonyl (C=O) groups is 3. The normalized spacial score (nSPS) is 34.1. The van der Waals surface area contributed by atoms with E-state index >= 15 is 0 Å². The van der Waals surface area contributed by atoms with Gasteiger partial charge in [-0.3, -0.25) is 19.3 Å². The lowest BCUT2D eigenvalue weighted by Gasteiger charge is -2.53. The van der Waals surface area contributed by atoms with Crippen molar-refractivity contribution in [3.63, 3.8) is 0 Å². The van der Waals surface area contributed by atoms with Crippen LogP contribution in [0.25, 0.3) is 0 Å². The van der Waals surface area contributed by atoms with Crippen molar-refractivity contribution in [2.24, 2.45) is 17.6 Å². The molecule has 0 unspecified atom stereocenters. The first-order valence-corrected chi connectivity index (χ1v) is 10.1. The van der Waals surface area contributed by atoms with Crippen LogP contribution in [0.2, 0.25) is 0 Å². The minimum absolute atomic E-state index is 0.0392. The number of carbonyl (C=O) groups excluding carboxylic acids is 3. The van der Waals surface area contributed by atoms with E-state index in [2.05, 4.69) is 0 Å². The van der Waals surface area contributed by atoms with Crippen molar-refractivity contribution in [2.45, 2.75) is 30.6 Å². The second kappa shape index (κ2) is 6.89. The number of rotatable bonds is 2. The SMILES string of the molecule is C[C@H]1c2ccc(N)c(O)c2C(=O)C2=C(O)[C@]3(O)C=C(C(N)=O)C(=O)[C@@H](N(C)C)[C@@H]3[C@@H](O)[C@@H]21. The zero-order chi connectivity index (χ0) is 23.9. The molecule has 0 bridgehead atoms. The smallest absolute Gasteiger partial charge is 0.252 e. The molecule has 0 spiro atoms. The van der Waals surface area contributed by atoms with Crippen molar-refractivity contribution in [1.82, 2.24) is 4.90 Å². The Hall–Kier alpha value is -3.21. The molecule has 0 saturated heterocycles. The van der Waals surface area contributed by atoms with Crippen LogP contribution in [0.1, 0.15) is 28.8 Å². The Bertz CT molecular complexity index is 1140. The van der Waals surface area contributed by atoms with E-state index in [1.807, 2.05) is 0 Å². The number of nitrogens with zero attached hydrogens (tertiary/aromatic N) is 1. The van der Waals surface area contributed by atoms with E-state index in [1.165, 1.54) is 25.1 Å². The molecular weight excluding hydrogens is 418 g/mol. The molecule has 1 aromatic rings. The number of phenols is 1. The fourth-order valence-electron chi connectivity index (χ4n) is 5.51. The fraction of sp³-hybridized carbons (Fsp3) is 0.409. The summed E-state index contributed by atoms with van der Waals surface area (Å²) in [5, 5.41) is 44.6. The van der Waals surface area contributed by atoms with E-state index in [0.29, 0.717) is 5.56 Å². The Morgan fingerprint density at radius 3 is 2.38 bits per heavy atom. The van der Waals surface area contributed by atoms with Gasteiger partial charge in [-0.2, -0.15) is 0 Å².